The highest BCUT2D eigenvalue weighted by molar-refractivity contribution is 5.79. The van der Waals surface area contributed by atoms with Gasteiger partial charge in [0.1, 0.15) is 12.4 Å². The maximum atomic E-state index is 5.62. The zero-order chi connectivity index (χ0) is 14.1. The van der Waals surface area contributed by atoms with Gasteiger partial charge in [0.2, 0.25) is 5.96 Å². The molecule has 0 radical (unpaired) electrons. The van der Waals surface area contributed by atoms with Crippen LogP contribution in [0, 0.1) is 12.8 Å². The predicted octanol–water partition coefficient (Wildman–Crippen LogP) is 1.44. The number of hydrogen-bond donors (Lipinski definition) is 3. The Morgan fingerprint density at radius 2 is 2.21 bits per heavy atom. The summed E-state index contributed by atoms with van der Waals surface area (Å²) in [6.45, 7) is 8.21. The summed E-state index contributed by atoms with van der Waals surface area (Å²) in [5.41, 5.74) is 3.74. The Kier molecular flexibility index (Phi) is 6.74. The largest absolute Gasteiger partial charge is 0.492 e. The Bertz CT molecular complexity index is 404. The Labute approximate surface area is 115 Å². The summed E-state index contributed by atoms with van der Waals surface area (Å²) >= 11 is 0. The van der Waals surface area contributed by atoms with Crippen LogP contribution in [0.15, 0.2) is 29.3 Å². The Balaban J connectivity index is 2.27. The van der Waals surface area contributed by atoms with Crippen molar-refractivity contribution in [3.63, 3.8) is 0 Å². The molecule has 1 aromatic carbocycles. The molecule has 1 aromatic rings. The van der Waals surface area contributed by atoms with Crippen LogP contribution in [0.5, 0.6) is 5.75 Å². The number of rotatable bonds is 6. The SMILES string of the molecule is Cc1cccc(OCCNC(=NCC(C)C)NN)c1. The first-order chi connectivity index (χ1) is 9.11. The molecule has 0 bridgehead atoms. The van der Waals surface area contributed by atoms with Crippen LogP contribution in [0.3, 0.4) is 0 Å². The summed E-state index contributed by atoms with van der Waals surface area (Å²) in [6.07, 6.45) is 0. The molecular weight excluding hydrogens is 240 g/mol. The lowest BCUT2D eigenvalue weighted by molar-refractivity contribution is 0.321. The molecule has 19 heavy (non-hydrogen) atoms. The molecular formula is C14H24N4O. The minimum atomic E-state index is 0.508. The van der Waals surface area contributed by atoms with E-state index in [0.717, 1.165) is 12.3 Å². The highest BCUT2D eigenvalue weighted by Gasteiger charge is 1.98. The fraction of sp³-hybridized carbons (Fsp3) is 0.500. The standard InChI is InChI=1S/C14H24N4O/c1-11(2)10-17-14(18-15)16-7-8-19-13-6-4-5-12(3)9-13/h4-6,9,11H,7-8,10,15H2,1-3H3,(H2,16,17,18). The minimum absolute atomic E-state index is 0.508. The van der Waals surface area contributed by atoms with Crippen molar-refractivity contribution in [2.75, 3.05) is 19.7 Å². The Morgan fingerprint density at radius 1 is 1.42 bits per heavy atom. The van der Waals surface area contributed by atoms with Crippen LogP contribution >= 0.6 is 0 Å². The first kappa shape index (κ1) is 15.3. The van der Waals surface area contributed by atoms with E-state index in [4.69, 9.17) is 10.6 Å². The minimum Gasteiger partial charge on any atom is -0.492 e. The number of aryl methyl sites for hydroxylation is 1. The summed E-state index contributed by atoms with van der Waals surface area (Å²) < 4.78 is 5.62. The second-order valence-corrected chi connectivity index (χ2v) is 4.82. The molecule has 5 heteroatoms. The smallest absolute Gasteiger partial charge is 0.205 e. The van der Waals surface area contributed by atoms with Crippen molar-refractivity contribution in [3.05, 3.63) is 29.8 Å². The fourth-order valence-corrected chi connectivity index (χ4v) is 1.47. The first-order valence-corrected chi connectivity index (χ1v) is 6.56. The van der Waals surface area contributed by atoms with Crippen molar-refractivity contribution < 1.29 is 4.74 Å². The van der Waals surface area contributed by atoms with Crippen LogP contribution in [-0.4, -0.2) is 25.7 Å². The van der Waals surface area contributed by atoms with Gasteiger partial charge in [-0.15, -0.1) is 0 Å². The first-order valence-electron chi connectivity index (χ1n) is 6.56. The van der Waals surface area contributed by atoms with E-state index in [2.05, 4.69) is 29.6 Å². The molecule has 0 aromatic heterocycles. The van der Waals surface area contributed by atoms with E-state index < -0.39 is 0 Å². The molecule has 0 aliphatic rings. The number of nitrogens with one attached hydrogen (secondary N) is 2. The van der Waals surface area contributed by atoms with Crippen molar-refractivity contribution in [3.8, 4) is 5.75 Å². The maximum absolute atomic E-state index is 5.62. The zero-order valence-corrected chi connectivity index (χ0v) is 11.9. The van der Waals surface area contributed by atoms with Crippen LogP contribution in [0.1, 0.15) is 19.4 Å². The van der Waals surface area contributed by atoms with Crippen LogP contribution < -0.4 is 21.3 Å². The highest BCUT2D eigenvalue weighted by Crippen LogP contribution is 2.11. The van der Waals surface area contributed by atoms with Gasteiger partial charge in [-0.2, -0.15) is 0 Å². The van der Waals surface area contributed by atoms with Crippen molar-refractivity contribution in [1.82, 2.24) is 10.7 Å². The predicted molar refractivity (Wildman–Crippen MR) is 79.1 cm³/mol. The number of hydrazine groups is 1. The summed E-state index contributed by atoms with van der Waals surface area (Å²) in [7, 11) is 0. The molecule has 0 amide bonds. The van der Waals surface area contributed by atoms with Gasteiger partial charge in [0.25, 0.3) is 0 Å². The van der Waals surface area contributed by atoms with Gasteiger partial charge < -0.3 is 10.1 Å². The van der Waals surface area contributed by atoms with Crippen molar-refractivity contribution in [2.24, 2.45) is 16.8 Å². The summed E-state index contributed by atoms with van der Waals surface area (Å²) in [4.78, 5) is 4.31. The fourth-order valence-electron chi connectivity index (χ4n) is 1.47. The Hall–Kier alpha value is -1.75. The third-order valence-electron chi connectivity index (χ3n) is 2.40. The molecule has 1 rings (SSSR count). The van der Waals surface area contributed by atoms with E-state index in [9.17, 15) is 0 Å². The molecule has 0 fully saturated rings. The van der Waals surface area contributed by atoms with E-state index in [1.807, 2.05) is 31.2 Å². The van der Waals surface area contributed by atoms with Gasteiger partial charge >= 0.3 is 0 Å². The molecule has 4 N–H and O–H groups in total. The normalized spacial score (nSPS) is 11.5. The van der Waals surface area contributed by atoms with Crippen molar-refractivity contribution in [1.29, 1.82) is 0 Å². The zero-order valence-electron chi connectivity index (χ0n) is 11.9. The van der Waals surface area contributed by atoms with Gasteiger partial charge in [0.05, 0.1) is 6.54 Å². The summed E-state index contributed by atoms with van der Waals surface area (Å²) in [5, 5.41) is 3.10. The van der Waals surface area contributed by atoms with Crippen molar-refractivity contribution >= 4 is 5.96 Å². The number of nitrogens with two attached hydrogens (primary N) is 1. The van der Waals surface area contributed by atoms with Crippen LogP contribution in [0.4, 0.5) is 0 Å². The topological polar surface area (TPSA) is 71.7 Å². The number of guanidine groups is 1. The molecule has 0 aliphatic carbocycles. The van der Waals surface area contributed by atoms with E-state index in [1.165, 1.54) is 5.56 Å². The molecule has 5 nitrogen and oxygen atoms in total. The third-order valence-corrected chi connectivity index (χ3v) is 2.40. The lowest BCUT2D eigenvalue weighted by atomic mass is 10.2. The van der Waals surface area contributed by atoms with Crippen LogP contribution in [0.25, 0.3) is 0 Å². The van der Waals surface area contributed by atoms with Gasteiger partial charge in [-0.05, 0) is 30.5 Å². The molecule has 0 saturated carbocycles. The molecule has 106 valence electrons. The summed E-state index contributed by atoms with van der Waals surface area (Å²) in [6, 6.07) is 7.98. The van der Waals surface area contributed by atoms with Crippen molar-refractivity contribution in [2.45, 2.75) is 20.8 Å². The molecule has 0 heterocycles. The van der Waals surface area contributed by atoms with E-state index in [1.54, 1.807) is 0 Å². The maximum Gasteiger partial charge on any atom is 0.205 e. The van der Waals surface area contributed by atoms with Gasteiger partial charge in [0.15, 0.2) is 0 Å². The van der Waals surface area contributed by atoms with E-state index in [0.29, 0.717) is 25.0 Å². The number of hydrogen-bond acceptors (Lipinski definition) is 3. The molecule has 0 saturated heterocycles. The van der Waals surface area contributed by atoms with E-state index in [-0.39, 0.29) is 0 Å². The number of nitrogens with zero attached hydrogens (tertiary/aromatic N) is 1. The monoisotopic (exact) mass is 264 g/mol. The number of aliphatic imine (C=N–C) groups is 1. The number of ether oxygens (including phenoxy) is 1. The average Bonchev–Trinajstić information content (AvgIpc) is 2.38. The third kappa shape index (κ3) is 6.67. The quantitative estimate of drug-likeness (QED) is 0.239. The van der Waals surface area contributed by atoms with Crippen LogP contribution in [-0.2, 0) is 0 Å². The van der Waals surface area contributed by atoms with Gasteiger partial charge in [-0.1, -0.05) is 26.0 Å². The van der Waals surface area contributed by atoms with E-state index >= 15 is 0 Å². The van der Waals surface area contributed by atoms with Gasteiger partial charge in [-0.3, -0.25) is 10.4 Å². The molecule has 0 unspecified atom stereocenters. The second kappa shape index (κ2) is 8.37. The molecule has 0 aliphatic heterocycles. The average molecular weight is 264 g/mol. The Morgan fingerprint density at radius 3 is 2.84 bits per heavy atom. The second-order valence-electron chi connectivity index (χ2n) is 4.82. The van der Waals surface area contributed by atoms with Gasteiger partial charge in [0, 0.05) is 6.54 Å². The number of benzene rings is 1. The van der Waals surface area contributed by atoms with Gasteiger partial charge in [-0.25, -0.2) is 5.84 Å². The highest BCUT2D eigenvalue weighted by atomic mass is 16.5. The lowest BCUT2D eigenvalue weighted by Crippen LogP contribution is -2.43. The molecule has 0 atom stereocenters. The summed E-state index contributed by atoms with van der Waals surface area (Å²) in [5.74, 6) is 7.37. The van der Waals surface area contributed by atoms with Crippen LogP contribution in [0.2, 0.25) is 0 Å². The lowest BCUT2D eigenvalue weighted by Gasteiger charge is -2.11. The molecule has 0 spiro atoms.